The third kappa shape index (κ3) is 5.10. The average Bonchev–Trinajstić information content (AvgIpc) is 2.71. The third-order valence-electron chi connectivity index (χ3n) is 6.74. The van der Waals surface area contributed by atoms with Crippen molar-refractivity contribution in [3.05, 3.63) is 58.1 Å². The van der Waals surface area contributed by atoms with E-state index in [0.717, 1.165) is 24.0 Å². The number of hydrogen-bond donors (Lipinski definition) is 2. The number of carbonyl (C=O) groups is 2. The molecule has 1 saturated heterocycles. The summed E-state index contributed by atoms with van der Waals surface area (Å²) in [6.07, 6.45) is 8.21. The number of nitrogens with one attached hydrogen (secondary N) is 1. The summed E-state index contributed by atoms with van der Waals surface area (Å²) in [4.78, 5) is 27.5. The fourth-order valence-corrected chi connectivity index (χ4v) is 4.78. The molecule has 1 fully saturated rings. The van der Waals surface area contributed by atoms with Crippen molar-refractivity contribution < 1.29 is 14.7 Å². The second-order valence-corrected chi connectivity index (χ2v) is 10.8. The smallest absolute Gasteiger partial charge is 0.251 e. The zero-order valence-corrected chi connectivity index (χ0v) is 20.6. The minimum atomic E-state index is -1.05. The van der Waals surface area contributed by atoms with Crippen molar-refractivity contribution >= 4 is 23.4 Å². The summed E-state index contributed by atoms with van der Waals surface area (Å²) in [5, 5.41) is 15.3. The number of benzene rings is 1. The van der Waals surface area contributed by atoms with Gasteiger partial charge in [-0.15, -0.1) is 0 Å². The quantitative estimate of drug-likeness (QED) is 0.674. The van der Waals surface area contributed by atoms with Gasteiger partial charge in [0.05, 0.1) is 5.60 Å². The molecule has 1 aliphatic carbocycles. The maximum Gasteiger partial charge on any atom is 0.251 e. The van der Waals surface area contributed by atoms with Gasteiger partial charge in [0.25, 0.3) is 5.91 Å². The molecule has 1 aromatic carbocycles. The number of halogens is 1. The molecule has 1 atom stereocenters. The number of amides is 2. The molecule has 0 spiro atoms. The fraction of sp³-hybridized carbons (Fsp3) is 0.538. The summed E-state index contributed by atoms with van der Waals surface area (Å²) in [6, 6.07) is 5.64. The van der Waals surface area contributed by atoms with E-state index in [1.807, 2.05) is 75.9 Å². The van der Waals surface area contributed by atoms with E-state index in [1.54, 1.807) is 0 Å². The van der Waals surface area contributed by atoms with E-state index >= 15 is 0 Å². The number of likely N-dealkylation sites (tertiary alicyclic amines) is 1. The number of piperidine rings is 1. The molecule has 0 saturated carbocycles. The summed E-state index contributed by atoms with van der Waals surface area (Å²) in [5.41, 5.74) is 0.129. The van der Waals surface area contributed by atoms with Crippen LogP contribution in [-0.4, -0.2) is 40.4 Å². The first kappa shape index (κ1) is 24.5. The maximum absolute atomic E-state index is 13.2. The summed E-state index contributed by atoms with van der Waals surface area (Å²) in [6.45, 7) is 10.5. The first-order valence-electron chi connectivity index (χ1n) is 11.3. The van der Waals surface area contributed by atoms with Crippen molar-refractivity contribution in [2.24, 2.45) is 5.41 Å². The first-order valence-corrected chi connectivity index (χ1v) is 11.7. The monoisotopic (exact) mass is 458 g/mol. The molecule has 174 valence electrons. The number of aliphatic hydroxyl groups is 1. The molecular weight excluding hydrogens is 424 g/mol. The van der Waals surface area contributed by atoms with E-state index in [0.29, 0.717) is 30.1 Å². The van der Waals surface area contributed by atoms with Crippen LogP contribution in [-0.2, 0) is 15.2 Å². The summed E-state index contributed by atoms with van der Waals surface area (Å²) >= 11 is 6.18. The van der Waals surface area contributed by atoms with Crippen molar-refractivity contribution in [2.45, 2.75) is 71.4 Å². The van der Waals surface area contributed by atoms with Gasteiger partial charge in [0.15, 0.2) is 0 Å². The van der Waals surface area contributed by atoms with Crippen molar-refractivity contribution in [3.8, 4) is 0 Å². The van der Waals surface area contributed by atoms with E-state index in [9.17, 15) is 14.7 Å². The lowest BCUT2D eigenvalue weighted by molar-refractivity contribution is -0.154. The van der Waals surface area contributed by atoms with E-state index < -0.39 is 16.6 Å². The van der Waals surface area contributed by atoms with Crippen LogP contribution in [0, 0.1) is 12.3 Å². The van der Waals surface area contributed by atoms with Crippen LogP contribution >= 0.6 is 11.6 Å². The van der Waals surface area contributed by atoms with Crippen molar-refractivity contribution in [3.63, 3.8) is 0 Å². The van der Waals surface area contributed by atoms with Gasteiger partial charge in [-0.3, -0.25) is 9.59 Å². The predicted molar refractivity (Wildman–Crippen MR) is 128 cm³/mol. The van der Waals surface area contributed by atoms with Gasteiger partial charge in [-0.1, -0.05) is 55.8 Å². The SMILES string of the molecule is Cc1cc(C2(O)CCN(C(=O)CC(C)(C)NC(=O)C3=CCCC=C3)CC2(C)C)ccc1Cl. The van der Waals surface area contributed by atoms with Crippen molar-refractivity contribution in [1.29, 1.82) is 0 Å². The molecule has 0 aromatic heterocycles. The van der Waals surface area contributed by atoms with Gasteiger partial charge in [-0.25, -0.2) is 0 Å². The molecule has 0 bridgehead atoms. The molecular formula is C26H35ClN2O3. The number of nitrogens with zero attached hydrogens (tertiary/aromatic N) is 1. The van der Waals surface area contributed by atoms with Crippen LogP contribution in [0.2, 0.25) is 5.02 Å². The van der Waals surface area contributed by atoms with Gasteiger partial charge in [0, 0.05) is 41.1 Å². The first-order chi connectivity index (χ1) is 14.8. The molecule has 1 unspecified atom stereocenters. The summed E-state index contributed by atoms with van der Waals surface area (Å²) < 4.78 is 0. The van der Waals surface area contributed by atoms with Crippen LogP contribution in [0.15, 0.2) is 42.0 Å². The number of hydrogen-bond acceptors (Lipinski definition) is 3. The van der Waals surface area contributed by atoms with Crippen LogP contribution in [0.25, 0.3) is 0 Å². The number of rotatable bonds is 5. The molecule has 2 aliphatic rings. The largest absolute Gasteiger partial charge is 0.384 e. The van der Waals surface area contributed by atoms with Crippen LogP contribution in [0.4, 0.5) is 0 Å². The molecule has 1 aliphatic heterocycles. The Bertz CT molecular complexity index is 964. The zero-order chi connectivity index (χ0) is 23.7. The minimum Gasteiger partial charge on any atom is -0.384 e. The Balaban J connectivity index is 1.67. The topological polar surface area (TPSA) is 69.6 Å². The number of carbonyl (C=O) groups excluding carboxylic acids is 2. The lowest BCUT2D eigenvalue weighted by atomic mass is 9.66. The molecule has 5 nitrogen and oxygen atoms in total. The number of allylic oxidation sites excluding steroid dienone is 2. The van der Waals surface area contributed by atoms with Crippen LogP contribution in [0.1, 0.15) is 64.5 Å². The molecule has 2 amide bonds. The fourth-order valence-electron chi connectivity index (χ4n) is 4.67. The lowest BCUT2D eigenvalue weighted by Crippen LogP contribution is -2.58. The van der Waals surface area contributed by atoms with E-state index in [1.165, 1.54) is 0 Å². The Morgan fingerprint density at radius 2 is 1.97 bits per heavy atom. The summed E-state index contributed by atoms with van der Waals surface area (Å²) in [7, 11) is 0. The molecule has 1 aromatic rings. The highest BCUT2D eigenvalue weighted by Gasteiger charge is 2.50. The predicted octanol–water partition coefficient (Wildman–Crippen LogP) is 4.66. The second-order valence-electron chi connectivity index (χ2n) is 10.4. The summed E-state index contributed by atoms with van der Waals surface area (Å²) in [5.74, 6) is -0.170. The molecule has 32 heavy (non-hydrogen) atoms. The zero-order valence-electron chi connectivity index (χ0n) is 19.8. The van der Waals surface area contributed by atoms with E-state index in [-0.39, 0.29) is 18.2 Å². The van der Waals surface area contributed by atoms with Gasteiger partial charge in [0.2, 0.25) is 5.91 Å². The van der Waals surface area contributed by atoms with E-state index in [4.69, 9.17) is 11.6 Å². The van der Waals surface area contributed by atoms with Crippen LogP contribution < -0.4 is 5.32 Å². The average molecular weight is 459 g/mol. The molecule has 1 heterocycles. The Kier molecular flexibility index (Phi) is 6.92. The van der Waals surface area contributed by atoms with Gasteiger partial charge in [-0.2, -0.15) is 0 Å². The third-order valence-corrected chi connectivity index (χ3v) is 7.16. The molecule has 2 N–H and O–H groups in total. The highest BCUT2D eigenvalue weighted by Crippen LogP contribution is 2.46. The second kappa shape index (κ2) is 9.03. The standard InChI is InChI=1S/C26H35ClN2O3/c1-18-15-20(11-12-21(18)27)26(32)13-14-29(17-24(26,2)3)22(30)16-25(4,5)28-23(31)19-9-7-6-8-10-19/h7,9-12,15,32H,6,8,13-14,16-17H2,1-5H3,(H,28,31). The van der Waals surface area contributed by atoms with Gasteiger partial charge in [0.1, 0.15) is 0 Å². The maximum atomic E-state index is 13.2. The Labute approximate surface area is 196 Å². The van der Waals surface area contributed by atoms with Crippen LogP contribution in [0.3, 0.4) is 0 Å². The van der Waals surface area contributed by atoms with Crippen LogP contribution in [0.5, 0.6) is 0 Å². The molecule has 3 rings (SSSR count). The highest BCUT2D eigenvalue weighted by molar-refractivity contribution is 6.31. The normalized spacial score (nSPS) is 23.0. The Morgan fingerprint density at radius 1 is 1.25 bits per heavy atom. The number of aryl methyl sites for hydroxylation is 1. The van der Waals surface area contributed by atoms with Gasteiger partial charge >= 0.3 is 0 Å². The highest BCUT2D eigenvalue weighted by atomic mass is 35.5. The van der Waals surface area contributed by atoms with Crippen molar-refractivity contribution in [1.82, 2.24) is 10.2 Å². The Hall–Kier alpha value is -2.11. The molecule has 6 heteroatoms. The van der Waals surface area contributed by atoms with Gasteiger partial charge < -0.3 is 15.3 Å². The lowest BCUT2D eigenvalue weighted by Gasteiger charge is -2.51. The molecule has 0 radical (unpaired) electrons. The minimum absolute atomic E-state index is 0.0223. The van der Waals surface area contributed by atoms with Gasteiger partial charge in [-0.05, 0) is 57.2 Å². The van der Waals surface area contributed by atoms with Crippen molar-refractivity contribution in [2.75, 3.05) is 13.1 Å². The van der Waals surface area contributed by atoms with E-state index in [2.05, 4.69) is 5.32 Å². The Morgan fingerprint density at radius 3 is 2.56 bits per heavy atom.